The fourth-order valence-corrected chi connectivity index (χ4v) is 4.16. The van der Waals surface area contributed by atoms with Crippen LogP contribution >= 0.6 is 11.6 Å². The lowest BCUT2D eigenvalue weighted by molar-refractivity contribution is 0.124. The molecule has 34 heavy (non-hydrogen) atoms. The predicted octanol–water partition coefficient (Wildman–Crippen LogP) is 3.28. The molecule has 0 aliphatic carbocycles. The number of nitrogen functional groups attached to an aromatic ring is 1. The second kappa shape index (κ2) is 8.71. The van der Waals surface area contributed by atoms with Gasteiger partial charge in [0.2, 0.25) is 0 Å². The number of pyridine rings is 1. The minimum Gasteiger partial charge on any atom is -0.465 e. The molecule has 3 aromatic heterocycles. The van der Waals surface area contributed by atoms with Crippen molar-refractivity contribution >= 4 is 23.5 Å². The maximum absolute atomic E-state index is 14.6. The summed E-state index contributed by atoms with van der Waals surface area (Å²) in [4.78, 5) is 16.8. The highest BCUT2D eigenvalue weighted by Gasteiger charge is 2.24. The molecule has 1 aliphatic heterocycles. The number of rotatable bonds is 4. The highest BCUT2D eigenvalue weighted by Crippen LogP contribution is 2.31. The van der Waals surface area contributed by atoms with Crippen molar-refractivity contribution in [2.45, 2.75) is 18.9 Å². The number of hydrogen-bond donors (Lipinski definition) is 2. The molecule has 1 amide bonds. The van der Waals surface area contributed by atoms with Gasteiger partial charge in [-0.3, -0.25) is 4.68 Å². The molecule has 11 nitrogen and oxygen atoms in total. The summed E-state index contributed by atoms with van der Waals surface area (Å²) in [5, 5.41) is 25.2. The van der Waals surface area contributed by atoms with Gasteiger partial charge in [0.25, 0.3) is 0 Å². The van der Waals surface area contributed by atoms with Crippen LogP contribution in [0.2, 0.25) is 5.02 Å². The van der Waals surface area contributed by atoms with Crippen molar-refractivity contribution in [3.63, 3.8) is 0 Å². The average Bonchev–Trinajstić information content (AvgIpc) is 3.52. The summed E-state index contributed by atoms with van der Waals surface area (Å²) in [6.07, 6.45) is 5.66. The van der Waals surface area contributed by atoms with E-state index < -0.39 is 11.9 Å². The van der Waals surface area contributed by atoms with E-state index in [0.717, 1.165) is 11.1 Å². The van der Waals surface area contributed by atoms with Crippen LogP contribution in [0.4, 0.5) is 15.0 Å². The number of likely N-dealkylation sites (tertiary alicyclic amines) is 1. The summed E-state index contributed by atoms with van der Waals surface area (Å²) >= 11 is 5.92. The van der Waals surface area contributed by atoms with E-state index in [1.54, 1.807) is 24.5 Å². The van der Waals surface area contributed by atoms with E-state index in [9.17, 15) is 9.18 Å². The van der Waals surface area contributed by atoms with E-state index in [0.29, 0.717) is 31.5 Å². The summed E-state index contributed by atoms with van der Waals surface area (Å²) in [6, 6.07) is 6.41. The van der Waals surface area contributed by atoms with Gasteiger partial charge in [0.15, 0.2) is 11.6 Å². The SMILES string of the molecule is Nc1ncc(-c2cnn(C3CCN(C(=O)O)CC3)c2)cc1-c1nnnn1-c1cccc(Cl)c1F. The lowest BCUT2D eigenvalue weighted by atomic mass is 10.1. The maximum Gasteiger partial charge on any atom is 0.407 e. The Labute approximate surface area is 197 Å². The third kappa shape index (κ3) is 3.92. The molecule has 0 saturated carbocycles. The molecule has 3 N–H and O–H groups in total. The van der Waals surface area contributed by atoms with Crippen LogP contribution < -0.4 is 5.73 Å². The van der Waals surface area contributed by atoms with Gasteiger partial charge >= 0.3 is 6.09 Å². The van der Waals surface area contributed by atoms with Gasteiger partial charge in [-0.1, -0.05) is 17.7 Å². The van der Waals surface area contributed by atoms with Crippen LogP contribution in [0.15, 0.2) is 42.9 Å². The predicted molar refractivity (Wildman–Crippen MR) is 121 cm³/mol. The van der Waals surface area contributed by atoms with E-state index in [4.69, 9.17) is 22.4 Å². The molecule has 1 aliphatic rings. The Kier molecular flexibility index (Phi) is 5.57. The van der Waals surface area contributed by atoms with Crippen molar-refractivity contribution in [3.05, 3.63) is 53.7 Å². The Morgan fingerprint density at radius 3 is 2.76 bits per heavy atom. The largest absolute Gasteiger partial charge is 0.465 e. The number of amides is 1. The van der Waals surface area contributed by atoms with E-state index in [-0.39, 0.29) is 28.4 Å². The van der Waals surface area contributed by atoms with Crippen molar-refractivity contribution in [1.29, 1.82) is 0 Å². The second-order valence-electron chi connectivity index (χ2n) is 7.85. The van der Waals surface area contributed by atoms with Crippen molar-refractivity contribution in [2.75, 3.05) is 18.8 Å². The number of benzene rings is 1. The smallest absolute Gasteiger partial charge is 0.407 e. The number of nitrogens with zero attached hydrogens (tertiary/aromatic N) is 8. The Bertz CT molecular complexity index is 1360. The number of aromatic nitrogens is 7. The zero-order chi connectivity index (χ0) is 23.8. The third-order valence-electron chi connectivity index (χ3n) is 5.83. The molecule has 1 aromatic carbocycles. The first kappa shape index (κ1) is 21.8. The lowest BCUT2D eigenvalue weighted by Crippen LogP contribution is -2.38. The highest BCUT2D eigenvalue weighted by atomic mass is 35.5. The van der Waals surface area contributed by atoms with Crippen LogP contribution in [0, 0.1) is 5.82 Å². The van der Waals surface area contributed by atoms with Crippen LogP contribution in [-0.4, -0.2) is 64.2 Å². The molecule has 0 bridgehead atoms. The number of piperidine rings is 1. The summed E-state index contributed by atoms with van der Waals surface area (Å²) < 4.78 is 17.7. The summed E-state index contributed by atoms with van der Waals surface area (Å²) in [7, 11) is 0. The van der Waals surface area contributed by atoms with Crippen LogP contribution in [0.5, 0.6) is 0 Å². The number of hydrogen-bond acceptors (Lipinski definition) is 7. The van der Waals surface area contributed by atoms with Gasteiger partial charge < -0.3 is 15.7 Å². The Morgan fingerprint density at radius 2 is 2.00 bits per heavy atom. The monoisotopic (exact) mass is 483 g/mol. The molecule has 0 atom stereocenters. The number of carbonyl (C=O) groups is 1. The lowest BCUT2D eigenvalue weighted by Gasteiger charge is -2.30. The summed E-state index contributed by atoms with van der Waals surface area (Å²) in [6.45, 7) is 0.928. The average molecular weight is 484 g/mol. The van der Waals surface area contributed by atoms with Crippen LogP contribution in [-0.2, 0) is 0 Å². The molecular formula is C21H19ClFN9O2. The second-order valence-corrected chi connectivity index (χ2v) is 8.26. The zero-order valence-corrected chi connectivity index (χ0v) is 18.5. The first-order valence-corrected chi connectivity index (χ1v) is 10.8. The Hall–Kier alpha value is -4.06. The number of carboxylic acid groups (broad SMARTS) is 1. The van der Waals surface area contributed by atoms with Crippen molar-refractivity contribution in [3.8, 4) is 28.2 Å². The van der Waals surface area contributed by atoms with Gasteiger partial charge in [-0.05, 0) is 41.5 Å². The van der Waals surface area contributed by atoms with Gasteiger partial charge in [0.05, 0.1) is 22.8 Å². The molecule has 0 radical (unpaired) electrons. The molecule has 0 spiro atoms. The zero-order valence-electron chi connectivity index (χ0n) is 17.7. The van der Waals surface area contributed by atoms with Crippen LogP contribution in [0.25, 0.3) is 28.2 Å². The minimum absolute atomic E-state index is 0.0552. The molecular weight excluding hydrogens is 465 g/mol. The summed E-state index contributed by atoms with van der Waals surface area (Å²) in [5.41, 5.74) is 8.14. The fraction of sp³-hybridized carbons (Fsp3) is 0.238. The molecule has 13 heteroatoms. The Balaban J connectivity index is 1.45. The normalized spacial score (nSPS) is 14.5. The summed E-state index contributed by atoms with van der Waals surface area (Å²) in [5.74, 6) is -0.271. The van der Waals surface area contributed by atoms with Gasteiger partial charge in [0, 0.05) is 36.6 Å². The fourth-order valence-electron chi connectivity index (χ4n) is 3.99. The minimum atomic E-state index is -0.903. The first-order valence-electron chi connectivity index (χ1n) is 10.4. The molecule has 1 saturated heterocycles. The van der Waals surface area contributed by atoms with Crippen molar-refractivity contribution < 1.29 is 14.3 Å². The molecule has 4 aromatic rings. The van der Waals surface area contributed by atoms with E-state index >= 15 is 0 Å². The topological polar surface area (TPSA) is 141 Å². The molecule has 0 unspecified atom stereocenters. The third-order valence-corrected chi connectivity index (χ3v) is 6.12. The molecule has 1 fully saturated rings. The van der Waals surface area contributed by atoms with Gasteiger partial charge in [-0.15, -0.1) is 5.10 Å². The van der Waals surface area contributed by atoms with Crippen LogP contribution in [0.1, 0.15) is 18.9 Å². The Morgan fingerprint density at radius 1 is 1.21 bits per heavy atom. The quantitative estimate of drug-likeness (QED) is 0.450. The number of nitrogens with two attached hydrogens (primary N) is 1. The standard InChI is InChI=1S/C21H19ClFN9O2/c22-16-2-1-3-17(18(16)23)32-20(27-28-29-32)15-8-12(9-25-19(15)24)13-10-26-31(11-13)14-4-6-30(7-5-14)21(33)34/h1-3,8-11,14H,4-7H2,(H2,24,25)(H,33,34). The molecule has 5 rings (SSSR count). The van der Waals surface area contributed by atoms with E-state index in [1.807, 2.05) is 10.9 Å². The van der Waals surface area contributed by atoms with Crippen molar-refractivity contribution in [2.24, 2.45) is 0 Å². The van der Waals surface area contributed by atoms with Gasteiger partial charge in [-0.25, -0.2) is 14.2 Å². The van der Waals surface area contributed by atoms with Gasteiger partial charge in [-0.2, -0.15) is 9.78 Å². The van der Waals surface area contributed by atoms with Gasteiger partial charge in [0.1, 0.15) is 11.5 Å². The highest BCUT2D eigenvalue weighted by molar-refractivity contribution is 6.30. The van der Waals surface area contributed by atoms with Crippen molar-refractivity contribution in [1.82, 2.24) is 39.9 Å². The first-order chi connectivity index (χ1) is 16.4. The number of anilines is 1. The number of halogens is 2. The molecule has 174 valence electrons. The van der Waals surface area contributed by atoms with E-state index in [1.165, 1.54) is 21.7 Å². The molecule has 4 heterocycles. The van der Waals surface area contributed by atoms with E-state index in [2.05, 4.69) is 25.6 Å². The maximum atomic E-state index is 14.6. The number of tetrazole rings is 1. The van der Waals surface area contributed by atoms with Crippen LogP contribution in [0.3, 0.4) is 0 Å².